The topological polar surface area (TPSA) is 37.8 Å². The van der Waals surface area contributed by atoms with Crippen molar-refractivity contribution in [3.05, 3.63) is 58.6 Å². The van der Waals surface area contributed by atoms with E-state index in [1.807, 2.05) is 6.20 Å². The van der Waals surface area contributed by atoms with Gasteiger partial charge in [0.25, 0.3) is 0 Å². The fraction of sp³-hybridized carbons (Fsp3) is 0.286. The molecule has 1 aliphatic carbocycles. The van der Waals surface area contributed by atoms with Gasteiger partial charge in [-0.2, -0.15) is 0 Å². The number of rotatable bonds is 4. The van der Waals surface area contributed by atoms with Gasteiger partial charge in [-0.05, 0) is 30.5 Å². The van der Waals surface area contributed by atoms with Gasteiger partial charge in [0.15, 0.2) is 0 Å². The lowest BCUT2D eigenvalue weighted by Gasteiger charge is -2.17. The molecule has 1 aromatic carbocycles. The molecule has 2 aromatic rings. The van der Waals surface area contributed by atoms with Gasteiger partial charge in [0.1, 0.15) is 0 Å². The number of halogens is 1. The van der Waals surface area contributed by atoms with Gasteiger partial charge in [-0.3, -0.25) is 9.97 Å². The summed E-state index contributed by atoms with van der Waals surface area (Å²) in [6.07, 6.45) is 7.62. The molecule has 92 valence electrons. The number of hydrogen-bond donors (Lipinski definition) is 1. The molecule has 0 atom stereocenters. The Labute approximate surface area is 115 Å². The van der Waals surface area contributed by atoms with Crippen LogP contribution in [0.2, 0.25) is 0 Å². The highest BCUT2D eigenvalue weighted by atomic mass is 79.9. The smallest absolute Gasteiger partial charge is 0.0724 e. The summed E-state index contributed by atoms with van der Waals surface area (Å²) in [5, 5.41) is 3.60. The van der Waals surface area contributed by atoms with Crippen molar-refractivity contribution < 1.29 is 0 Å². The van der Waals surface area contributed by atoms with Crippen LogP contribution >= 0.6 is 15.9 Å². The monoisotopic (exact) mass is 303 g/mol. The summed E-state index contributed by atoms with van der Waals surface area (Å²) in [6, 6.07) is 8.56. The Morgan fingerprint density at radius 2 is 1.94 bits per heavy atom. The predicted octanol–water partition coefficient (Wildman–Crippen LogP) is 3.02. The molecular weight excluding hydrogens is 290 g/mol. The minimum absolute atomic E-state index is 0.151. The molecule has 1 aromatic heterocycles. The number of nitrogens with one attached hydrogen (secondary N) is 1. The highest BCUT2D eigenvalue weighted by molar-refractivity contribution is 9.10. The molecule has 0 radical (unpaired) electrons. The van der Waals surface area contributed by atoms with Crippen LogP contribution in [0.3, 0.4) is 0 Å². The fourth-order valence-electron chi connectivity index (χ4n) is 2.14. The Morgan fingerprint density at radius 3 is 2.56 bits per heavy atom. The largest absolute Gasteiger partial charge is 0.302 e. The second-order valence-electron chi connectivity index (χ2n) is 4.64. The first kappa shape index (κ1) is 11.8. The van der Waals surface area contributed by atoms with Gasteiger partial charge >= 0.3 is 0 Å². The standard InChI is InChI=1S/C14H14BrN3/c15-12-3-1-11(2-4-12)14(5-6-14)18-10-13-9-16-7-8-17-13/h1-4,7-9,18H,5-6,10H2. The van der Waals surface area contributed by atoms with E-state index >= 15 is 0 Å². The van der Waals surface area contributed by atoms with Crippen molar-refractivity contribution >= 4 is 15.9 Å². The van der Waals surface area contributed by atoms with Gasteiger partial charge in [-0.15, -0.1) is 0 Å². The van der Waals surface area contributed by atoms with Gasteiger partial charge in [-0.1, -0.05) is 28.1 Å². The average molecular weight is 304 g/mol. The maximum Gasteiger partial charge on any atom is 0.0724 e. The van der Waals surface area contributed by atoms with Crippen LogP contribution in [0.15, 0.2) is 47.3 Å². The molecule has 3 nitrogen and oxygen atoms in total. The van der Waals surface area contributed by atoms with E-state index < -0.39 is 0 Å². The van der Waals surface area contributed by atoms with E-state index in [0.717, 1.165) is 16.7 Å². The molecule has 1 N–H and O–H groups in total. The molecule has 1 aliphatic rings. The van der Waals surface area contributed by atoms with Gasteiger partial charge in [0.05, 0.1) is 5.69 Å². The van der Waals surface area contributed by atoms with Gasteiger partial charge < -0.3 is 5.32 Å². The molecule has 0 amide bonds. The van der Waals surface area contributed by atoms with E-state index in [1.54, 1.807) is 12.4 Å². The van der Waals surface area contributed by atoms with Crippen LogP contribution in [-0.4, -0.2) is 9.97 Å². The van der Waals surface area contributed by atoms with Crippen LogP contribution in [0.25, 0.3) is 0 Å². The maximum absolute atomic E-state index is 4.28. The Hall–Kier alpha value is -1.26. The summed E-state index contributed by atoms with van der Waals surface area (Å²) >= 11 is 3.47. The molecule has 0 unspecified atom stereocenters. The molecule has 1 fully saturated rings. The van der Waals surface area contributed by atoms with Crippen molar-refractivity contribution in [1.82, 2.24) is 15.3 Å². The molecule has 4 heteroatoms. The van der Waals surface area contributed by atoms with Crippen LogP contribution in [0.5, 0.6) is 0 Å². The van der Waals surface area contributed by atoms with Crippen molar-refractivity contribution in [1.29, 1.82) is 0 Å². The lowest BCUT2D eigenvalue weighted by molar-refractivity contribution is 0.512. The van der Waals surface area contributed by atoms with Gasteiger partial charge in [0, 0.05) is 35.1 Å². The third-order valence-electron chi connectivity index (χ3n) is 3.37. The number of hydrogen-bond acceptors (Lipinski definition) is 3. The van der Waals surface area contributed by atoms with Crippen LogP contribution in [0, 0.1) is 0 Å². The molecule has 18 heavy (non-hydrogen) atoms. The summed E-state index contributed by atoms with van der Waals surface area (Å²) in [7, 11) is 0. The minimum Gasteiger partial charge on any atom is -0.302 e. The quantitative estimate of drug-likeness (QED) is 0.943. The molecule has 0 saturated heterocycles. The molecule has 0 spiro atoms. The predicted molar refractivity (Wildman–Crippen MR) is 73.9 cm³/mol. The molecular formula is C14H14BrN3. The zero-order chi connectivity index (χ0) is 12.4. The average Bonchev–Trinajstić information content (AvgIpc) is 3.20. The first-order valence-corrected chi connectivity index (χ1v) is 6.84. The number of nitrogens with zero attached hydrogens (tertiary/aromatic N) is 2. The van der Waals surface area contributed by atoms with E-state index in [0.29, 0.717) is 0 Å². The van der Waals surface area contributed by atoms with Crippen molar-refractivity contribution in [2.24, 2.45) is 0 Å². The Kier molecular flexibility index (Phi) is 3.14. The highest BCUT2D eigenvalue weighted by Gasteiger charge is 2.43. The Bertz CT molecular complexity index is 520. The molecule has 0 bridgehead atoms. The molecule has 1 saturated carbocycles. The third-order valence-corrected chi connectivity index (χ3v) is 3.90. The van der Waals surface area contributed by atoms with Crippen molar-refractivity contribution in [3.8, 4) is 0 Å². The normalized spacial score (nSPS) is 16.5. The van der Waals surface area contributed by atoms with E-state index in [1.165, 1.54) is 18.4 Å². The molecule has 3 rings (SSSR count). The summed E-state index contributed by atoms with van der Waals surface area (Å²) in [6.45, 7) is 0.768. The SMILES string of the molecule is Brc1ccc(C2(NCc3cnccn3)CC2)cc1. The lowest BCUT2D eigenvalue weighted by Crippen LogP contribution is -2.28. The molecule has 0 aliphatic heterocycles. The van der Waals surface area contributed by atoms with Crippen molar-refractivity contribution in [2.45, 2.75) is 24.9 Å². The van der Waals surface area contributed by atoms with Gasteiger partial charge in [-0.25, -0.2) is 0 Å². The van der Waals surface area contributed by atoms with E-state index in [9.17, 15) is 0 Å². The van der Waals surface area contributed by atoms with Crippen LogP contribution in [-0.2, 0) is 12.1 Å². The summed E-state index contributed by atoms with van der Waals surface area (Å²) < 4.78 is 1.12. The number of aromatic nitrogens is 2. The van der Waals surface area contributed by atoms with Gasteiger partial charge in [0.2, 0.25) is 0 Å². The third kappa shape index (κ3) is 2.44. The minimum atomic E-state index is 0.151. The van der Waals surface area contributed by atoms with Crippen LogP contribution in [0.4, 0.5) is 0 Å². The zero-order valence-corrected chi connectivity index (χ0v) is 11.5. The lowest BCUT2D eigenvalue weighted by atomic mass is 10.1. The highest BCUT2D eigenvalue weighted by Crippen LogP contribution is 2.45. The number of benzene rings is 1. The van der Waals surface area contributed by atoms with Crippen molar-refractivity contribution in [3.63, 3.8) is 0 Å². The summed E-state index contributed by atoms with van der Waals surface area (Å²) in [4.78, 5) is 8.37. The van der Waals surface area contributed by atoms with Crippen LogP contribution in [0.1, 0.15) is 24.1 Å². The summed E-state index contributed by atoms with van der Waals surface area (Å²) in [5.74, 6) is 0. The van der Waals surface area contributed by atoms with Crippen LogP contribution < -0.4 is 5.32 Å². The Morgan fingerprint density at radius 1 is 1.17 bits per heavy atom. The summed E-state index contributed by atoms with van der Waals surface area (Å²) in [5.41, 5.74) is 2.49. The maximum atomic E-state index is 4.28. The van der Waals surface area contributed by atoms with E-state index in [2.05, 4.69) is 55.5 Å². The van der Waals surface area contributed by atoms with Crippen molar-refractivity contribution in [2.75, 3.05) is 0 Å². The van der Waals surface area contributed by atoms with E-state index in [-0.39, 0.29) is 5.54 Å². The zero-order valence-electron chi connectivity index (χ0n) is 9.94. The van der Waals surface area contributed by atoms with E-state index in [4.69, 9.17) is 0 Å². The second kappa shape index (κ2) is 4.78. The first-order chi connectivity index (χ1) is 8.78. The molecule has 1 heterocycles. The first-order valence-electron chi connectivity index (χ1n) is 6.04. The Balaban J connectivity index is 1.70. The fourth-order valence-corrected chi connectivity index (χ4v) is 2.41. The second-order valence-corrected chi connectivity index (χ2v) is 5.55.